The summed E-state index contributed by atoms with van der Waals surface area (Å²) in [6, 6.07) is 0. The summed E-state index contributed by atoms with van der Waals surface area (Å²) in [6.07, 6.45) is -1.15. The predicted molar refractivity (Wildman–Crippen MR) is 37.2 cm³/mol. The summed E-state index contributed by atoms with van der Waals surface area (Å²) < 4.78 is 0. The predicted octanol–water partition coefficient (Wildman–Crippen LogP) is -0.562. The Morgan fingerprint density at radius 1 is 1.55 bits per heavy atom. The smallest absolute Gasteiger partial charge is 0.414 e. The van der Waals surface area contributed by atoms with Gasteiger partial charge in [0.15, 0.2) is 0 Å². The topological polar surface area (TPSA) is 60.9 Å². The summed E-state index contributed by atoms with van der Waals surface area (Å²) in [5.74, 6) is -0.341. The van der Waals surface area contributed by atoms with E-state index < -0.39 is 6.09 Å². The van der Waals surface area contributed by atoms with Crippen LogP contribution < -0.4 is 0 Å². The number of hydrogen-bond acceptors (Lipinski definition) is 3. The van der Waals surface area contributed by atoms with Crippen molar-refractivity contribution in [1.82, 2.24) is 9.80 Å². The van der Waals surface area contributed by atoms with E-state index >= 15 is 0 Å². The first kappa shape index (κ1) is 8.00. The van der Waals surface area contributed by atoms with Crippen molar-refractivity contribution in [2.45, 2.75) is 0 Å². The summed E-state index contributed by atoms with van der Waals surface area (Å²) in [6.45, 7) is 1.11. The van der Waals surface area contributed by atoms with Gasteiger partial charge in [0.2, 0.25) is 5.91 Å². The number of likely N-dealkylation sites (N-methyl/N-ethyl adjacent to an activating group) is 1. The molecular weight excluding hydrogens is 148 g/mol. The molecule has 0 unspecified atom stereocenters. The Morgan fingerprint density at radius 3 is 2.64 bits per heavy atom. The molecule has 1 rings (SSSR count). The summed E-state index contributed by atoms with van der Waals surface area (Å²) in [7, 11) is 1.79. The molecule has 1 N–H and O–H groups in total. The summed E-state index contributed by atoms with van der Waals surface area (Å²) in [4.78, 5) is 23.9. The standard InChI is InChI=1S/C6H10N2O3/c1-7-2-3-8(6(10)11)5(9)4-7/h2-4H2,1H3,(H,10,11). The Bertz CT molecular complexity index is 192. The molecule has 0 atom stereocenters. The third-order valence-corrected chi connectivity index (χ3v) is 1.64. The third-order valence-electron chi connectivity index (χ3n) is 1.64. The highest BCUT2D eigenvalue weighted by molar-refractivity contribution is 5.92. The summed E-state index contributed by atoms with van der Waals surface area (Å²) in [5, 5.41) is 8.48. The van der Waals surface area contributed by atoms with E-state index in [2.05, 4.69) is 0 Å². The second kappa shape index (κ2) is 2.87. The van der Waals surface area contributed by atoms with Crippen LogP contribution in [0.5, 0.6) is 0 Å². The maximum atomic E-state index is 10.9. The van der Waals surface area contributed by atoms with Gasteiger partial charge in [-0.05, 0) is 7.05 Å². The zero-order valence-corrected chi connectivity index (χ0v) is 6.28. The summed E-state index contributed by atoms with van der Waals surface area (Å²) in [5.41, 5.74) is 0. The number of rotatable bonds is 0. The van der Waals surface area contributed by atoms with E-state index in [1.54, 1.807) is 11.9 Å². The molecular formula is C6H10N2O3. The van der Waals surface area contributed by atoms with Crippen LogP contribution in [0.15, 0.2) is 0 Å². The van der Waals surface area contributed by atoms with Crippen molar-refractivity contribution in [2.24, 2.45) is 0 Å². The van der Waals surface area contributed by atoms with Gasteiger partial charge in [-0.15, -0.1) is 0 Å². The van der Waals surface area contributed by atoms with Gasteiger partial charge in [0.1, 0.15) is 0 Å². The van der Waals surface area contributed by atoms with Crippen LogP contribution in [0.4, 0.5) is 4.79 Å². The Kier molecular flexibility index (Phi) is 2.09. The molecule has 1 aliphatic heterocycles. The minimum Gasteiger partial charge on any atom is -0.465 e. The molecule has 1 aliphatic rings. The van der Waals surface area contributed by atoms with Gasteiger partial charge in [0.05, 0.1) is 6.54 Å². The average molecular weight is 158 g/mol. The second-order valence-electron chi connectivity index (χ2n) is 2.57. The largest absolute Gasteiger partial charge is 0.465 e. The van der Waals surface area contributed by atoms with Gasteiger partial charge in [-0.25, -0.2) is 9.69 Å². The molecule has 0 saturated carbocycles. The first-order chi connectivity index (χ1) is 5.11. The van der Waals surface area contributed by atoms with Gasteiger partial charge in [-0.3, -0.25) is 9.69 Å². The second-order valence-corrected chi connectivity index (χ2v) is 2.57. The molecule has 0 aromatic carbocycles. The van der Waals surface area contributed by atoms with Crippen LogP contribution >= 0.6 is 0 Å². The number of carboxylic acid groups (broad SMARTS) is 1. The van der Waals surface area contributed by atoms with Crippen LogP contribution in [0.1, 0.15) is 0 Å². The van der Waals surface area contributed by atoms with Gasteiger partial charge in [-0.2, -0.15) is 0 Å². The molecule has 0 spiro atoms. The van der Waals surface area contributed by atoms with Crippen LogP contribution in [0.3, 0.4) is 0 Å². The molecule has 0 aliphatic carbocycles. The Hall–Kier alpha value is -1.10. The van der Waals surface area contributed by atoms with Gasteiger partial charge >= 0.3 is 6.09 Å². The summed E-state index contributed by atoms with van der Waals surface area (Å²) >= 11 is 0. The van der Waals surface area contributed by atoms with Gasteiger partial charge in [0.25, 0.3) is 0 Å². The highest BCUT2D eigenvalue weighted by Gasteiger charge is 2.25. The lowest BCUT2D eigenvalue weighted by atomic mass is 10.3. The highest BCUT2D eigenvalue weighted by Crippen LogP contribution is 2.00. The SMILES string of the molecule is CN1CCN(C(=O)O)C(=O)C1. The number of hydrogen-bond donors (Lipinski definition) is 1. The first-order valence-electron chi connectivity index (χ1n) is 3.33. The van der Waals surface area contributed by atoms with E-state index in [9.17, 15) is 9.59 Å². The van der Waals surface area contributed by atoms with Crippen molar-refractivity contribution >= 4 is 12.0 Å². The molecule has 5 heteroatoms. The van der Waals surface area contributed by atoms with Crippen LogP contribution in [0.25, 0.3) is 0 Å². The van der Waals surface area contributed by atoms with Crippen molar-refractivity contribution in [3.8, 4) is 0 Å². The number of amides is 2. The van der Waals surface area contributed by atoms with Crippen molar-refractivity contribution in [1.29, 1.82) is 0 Å². The molecule has 2 amide bonds. The van der Waals surface area contributed by atoms with Crippen LogP contribution in [-0.2, 0) is 4.79 Å². The number of carbonyl (C=O) groups is 2. The first-order valence-corrected chi connectivity index (χ1v) is 3.33. The zero-order chi connectivity index (χ0) is 8.43. The lowest BCUT2D eigenvalue weighted by Gasteiger charge is -2.28. The minimum atomic E-state index is -1.15. The molecule has 0 aromatic rings. The average Bonchev–Trinajstić information content (AvgIpc) is 1.85. The van der Waals surface area contributed by atoms with E-state index in [0.717, 1.165) is 4.90 Å². The molecule has 0 aromatic heterocycles. The normalized spacial score (nSPS) is 20.5. The molecule has 1 heterocycles. The minimum absolute atomic E-state index is 0.201. The van der Waals surface area contributed by atoms with Crippen molar-refractivity contribution in [3.63, 3.8) is 0 Å². The van der Waals surface area contributed by atoms with Gasteiger partial charge in [0, 0.05) is 13.1 Å². The van der Waals surface area contributed by atoms with E-state index in [1.165, 1.54) is 0 Å². The molecule has 0 bridgehead atoms. The van der Waals surface area contributed by atoms with Crippen LogP contribution in [0.2, 0.25) is 0 Å². The molecule has 1 saturated heterocycles. The molecule has 62 valence electrons. The fourth-order valence-electron chi connectivity index (χ4n) is 0.993. The Labute approximate surface area is 64.2 Å². The van der Waals surface area contributed by atoms with E-state index in [-0.39, 0.29) is 19.0 Å². The number of nitrogens with zero attached hydrogens (tertiary/aromatic N) is 2. The highest BCUT2D eigenvalue weighted by atomic mass is 16.4. The van der Waals surface area contributed by atoms with Crippen molar-refractivity contribution < 1.29 is 14.7 Å². The fraction of sp³-hybridized carbons (Fsp3) is 0.667. The van der Waals surface area contributed by atoms with E-state index in [1.807, 2.05) is 0 Å². The van der Waals surface area contributed by atoms with E-state index in [4.69, 9.17) is 5.11 Å². The third kappa shape index (κ3) is 1.68. The zero-order valence-electron chi connectivity index (χ0n) is 6.28. The lowest BCUT2D eigenvalue weighted by molar-refractivity contribution is -0.132. The number of imide groups is 1. The lowest BCUT2D eigenvalue weighted by Crippen LogP contribution is -2.50. The van der Waals surface area contributed by atoms with Crippen molar-refractivity contribution in [2.75, 3.05) is 26.7 Å². The monoisotopic (exact) mass is 158 g/mol. The number of carbonyl (C=O) groups excluding carboxylic acids is 1. The molecule has 1 fully saturated rings. The maximum absolute atomic E-state index is 10.9. The fourth-order valence-corrected chi connectivity index (χ4v) is 0.993. The van der Waals surface area contributed by atoms with Gasteiger partial charge < -0.3 is 5.11 Å². The molecule has 0 radical (unpaired) electrons. The Balaban J connectivity index is 2.58. The molecule has 5 nitrogen and oxygen atoms in total. The van der Waals surface area contributed by atoms with Crippen molar-refractivity contribution in [3.05, 3.63) is 0 Å². The molecule has 11 heavy (non-hydrogen) atoms. The maximum Gasteiger partial charge on any atom is 0.414 e. The Morgan fingerprint density at radius 2 is 2.18 bits per heavy atom. The number of piperazine rings is 1. The van der Waals surface area contributed by atoms with Gasteiger partial charge in [-0.1, -0.05) is 0 Å². The van der Waals surface area contributed by atoms with E-state index in [0.29, 0.717) is 6.54 Å². The van der Waals surface area contributed by atoms with Crippen LogP contribution in [0, 0.1) is 0 Å². The quantitative estimate of drug-likeness (QED) is 0.513. The van der Waals surface area contributed by atoms with Crippen LogP contribution in [-0.4, -0.2) is 53.6 Å².